The Balaban J connectivity index is 0.000001000. The van der Waals surface area contributed by atoms with E-state index in [2.05, 4.69) is 0 Å². The normalized spacial score (nSPS) is 30.6. The fraction of sp³-hybridized carbons (Fsp3) is 0.857. The maximum atomic E-state index is 10.5. The molecule has 0 spiro atoms. The number of carboxylic acid groups (broad SMARTS) is 1. The summed E-state index contributed by atoms with van der Waals surface area (Å²) in [5.74, 6) is -1.03. The van der Waals surface area contributed by atoms with Gasteiger partial charge < -0.3 is 5.11 Å². The Hall–Kier alpha value is 0.682. The van der Waals surface area contributed by atoms with Gasteiger partial charge >= 0.3 is 5.97 Å². The van der Waals surface area contributed by atoms with Crippen LogP contribution in [0.5, 0.6) is 0 Å². The van der Waals surface area contributed by atoms with Crippen molar-refractivity contribution < 1.29 is 37.2 Å². The van der Waals surface area contributed by atoms with Gasteiger partial charge in [-0.1, -0.05) is 12.8 Å². The van der Waals surface area contributed by atoms with Crippen LogP contribution in [0.25, 0.3) is 0 Å². The maximum absolute atomic E-state index is 10.5. The van der Waals surface area contributed by atoms with Crippen molar-refractivity contribution in [2.45, 2.75) is 31.1 Å². The van der Waals surface area contributed by atoms with Gasteiger partial charge in [-0.3, -0.25) is 4.79 Å². The minimum absolute atomic E-state index is 0. The van der Waals surface area contributed by atoms with E-state index in [-0.39, 0.29) is 38.6 Å². The third-order valence-corrected chi connectivity index (χ3v) is 2.52. The Morgan fingerprint density at radius 2 is 1.91 bits per heavy atom. The molecule has 0 heterocycles. The molecule has 0 amide bonds. The number of halogens is 1. The predicted molar refractivity (Wildman–Crippen MR) is 39.2 cm³/mol. The van der Waals surface area contributed by atoms with Crippen molar-refractivity contribution in [3.8, 4) is 0 Å². The van der Waals surface area contributed by atoms with Crippen molar-refractivity contribution >= 4 is 17.6 Å². The molecule has 2 unspecified atom stereocenters. The van der Waals surface area contributed by atoms with E-state index in [4.69, 9.17) is 16.7 Å². The standard InChI is InChI=1S/C7H11ClO2.Cd/c8-6-4-2-1-3-5(6)7(9)10;/h5-6H,1-4H2,(H,9,10);. The fourth-order valence-electron chi connectivity index (χ4n) is 1.36. The summed E-state index contributed by atoms with van der Waals surface area (Å²) < 4.78 is 0. The van der Waals surface area contributed by atoms with Gasteiger partial charge in [-0.25, -0.2) is 0 Å². The SMILES string of the molecule is O=C(O)C1CCCCC1Cl.[Cd]. The molecule has 0 aromatic rings. The summed E-state index contributed by atoms with van der Waals surface area (Å²) in [7, 11) is 0. The molecule has 0 saturated heterocycles. The second-order valence-corrected chi connectivity index (χ2v) is 3.31. The molecule has 11 heavy (non-hydrogen) atoms. The number of carbonyl (C=O) groups is 1. The zero-order valence-electron chi connectivity index (χ0n) is 6.42. The summed E-state index contributed by atoms with van der Waals surface area (Å²) in [6.45, 7) is 0. The van der Waals surface area contributed by atoms with Crippen LogP contribution in [0.4, 0.5) is 0 Å². The van der Waals surface area contributed by atoms with Crippen molar-refractivity contribution in [1.29, 1.82) is 0 Å². The second-order valence-electron chi connectivity index (χ2n) is 2.75. The Bertz CT molecular complexity index is 140. The summed E-state index contributed by atoms with van der Waals surface area (Å²) in [5.41, 5.74) is 0. The van der Waals surface area contributed by atoms with Crippen molar-refractivity contribution in [1.82, 2.24) is 0 Å². The zero-order valence-corrected chi connectivity index (χ0v) is 11.2. The van der Waals surface area contributed by atoms with Crippen LogP contribution in [0, 0.1) is 5.92 Å². The Kier molecular flexibility index (Phi) is 5.68. The van der Waals surface area contributed by atoms with Crippen LogP contribution >= 0.6 is 11.6 Å². The molecule has 1 fully saturated rings. The Labute approximate surface area is 91.5 Å². The van der Waals surface area contributed by atoms with Crippen LogP contribution in [0.2, 0.25) is 0 Å². The van der Waals surface area contributed by atoms with Crippen LogP contribution in [0.3, 0.4) is 0 Å². The molecule has 60 valence electrons. The third-order valence-electron chi connectivity index (χ3n) is 2.00. The largest absolute Gasteiger partial charge is 0.481 e. The van der Waals surface area contributed by atoms with Gasteiger partial charge in [0.1, 0.15) is 0 Å². The van der Waals surface area contributed by atoms with E-state index in [0.717, 1.165) is 25.7 Å². The average molecular weight is 275 g/mol. The van der Waals surface area contributed by atoms with Gasteiger partial charge in [-0.2, -0.15) is 0 Å². The van der Waals surface area contributed by atoms with Crippen molar-refractivity contribution in [3.05, 3.63) is 0 Å². The zero-order chi connectivity index (χ0) is 7.56. The van der Waals surface area contributed by atoms with Gasteiger partial charge in [-0.15, -0.1) is 11.6 Å². The maximum Gasteiger partial charge on any atom is 0.307 e. The van der Waals surface area contributed by atoms with Crippen molar-refractivity contribution in [2.75, 3.05) is 0 Å². The molecule has 0 bridgehead atoms. The number of hydrogen-bond acceptors (Lipinski definition) is 1. The molecule has 4 heteroatoms. The molecular weight excluding hydrogens is 264 g/mol. The molecule has 1 rings (SSSR count). The second kappa shape index (κ2) is 5.35. The fourth-order valence-corrected chi connectivity index (χ4v) is 1.75. The van der Waals surface area contributed by atoms with Gasteiger partial charge in [0.25, 0.3) is 0 Å². The van der Waals surface area contributed by atoms with Gasteiger partial charge in [0.15, 0.2) is 0 Å². The van der Waals surface area contributed by atoms with Crippen molar-refractivity contribution in [3.63, 3.8) is 0 Å². The monoisotopic (exact) mass is 276 g/mol. The average Bonchev–Trinajstić information content (AvgIpc) is 1.88. The number of rotatable bonds is 1. The minimum Gasteiger partial charge on any atom is -0.481 e. The molecule has 0 radical (unpaired) electrons. The van der Waals surface area contributed by atoms with Gasteiger partial charge in [0.05, 0.1) is 5.92 Å². The molecule has 2 nitrogen and oxygen atoms in total. The molecule has 0 aliphatic heterocycles. The molecule has 1 N–H and O–H groups in total. The molecule has 0 aromatic carbocycles. The Morgan fingerprint density at radius 1 is 1.36 bits per heavy atom. The van der Waals surface area contributed by atoms with E-state index in [1.54, 1.807) is 0 Å². The van der Waals surface area contributed by atoms with Crippen LogP contribution in [0.15, 0.2) is 0 Å². The van der Waals surface area contributed by atoms with E-state index >= 15 is 0 Å². The first-order chi connectivity index (χ1) is 4.72. The number of alkyl halides is 1. The number of hydrogen-bond donors (Lipinski definition) is 1. The van der Waals surface area contributed by atoms with E-state index in [1.165, 1.54) is 0 Å². The van der Waals surface area contributed by atoms with Crippen LogP contribution in [-0.2, 0) is 32.1 Å². The number of carboxylic acids is 1. The topological polar surface area (TPSA) is 37.3 Å². The van der Waals surface area contributed by atoms with Crippen molar-refractivity contribution in [2.24, 2.45) is 5.92 Å². The first-order valence-corrected chi connectivity index (χ1v) is 4.02. The summed E-state index contributed by atoms with van der Waals surface area (Å²) in [4.78, 5) is 10.5. The molecule has 1 saturated carbocycles. The third kappa shape index (κ3) is 3.27. The molecule has 2 atom stereocenters. The summed E-state index contributed by atoms with van der Waals surface area (Å²) in [5, 5.41) is 8.49. The van der Waals surface area contributed by atoms with Crippen LogP contribution in [0.1, 0.15) is 25.7 Å². The number of aliphatic carboxylic acids is 1. The van der Waals surface area contributed by atoms with E-state index in [1.807, 2.05) is 0 Å². The molecular formula is C7H11CdClO2. The van der Waals surface area contributed by atoms with Crippen LogP contribution < -0.4 is 0 Å². The van der Waals surface area contributed by atoms with Crippen LogP contribution in [-0.4, -0.2) is 16.5 Å². The minimum atomic E-state index is -0.736. The van der Waals surface area contributed by atoms with Gasteiger partial charge in [-0.05, 0) is 12.8 Å². The van der Waals surface area contributed by atoms with Gasteiger partial charge in [0.2, 0.25) is 0 Å². The Morgan fingerprint density at radius 3 is 2.27 bits per heavy atom. The predicted octanol–water partition coefficient (Wildman–Crippen LogP) is 1.87. The molecule has 1 aliphatic carbocycles. The first-order valence-electron chi connectivity index (χ1n) is 3.58. The first kappa shape index (κ1) is 11.7. The summed E-state index contributed by atoms with van der Waals surface area (Å²) >= 11 is 5.80. The van der Waals surface area contributed by atoms with E-state index in [0.29, 0.717) is 0 Å². The summed E-state index contributed by atoms with van der Waals surface area (Å²) in [6.07, 6.45) is 3.71. The molecule has 0 aromatic heterocycles. The van der Waals surface area contributed by atoms with E-state index in [9.17, 15) is 4.79 Å². The smallest absolute Gasteiger partial charge is 0.307 e. The molecule has 1 aliphatic rings. The summed E-state index contributed by atoms with van der Waals surface area (Å²) in [6, 6.07) is 0. The van der Waals surface area contributed by atoms with Gasteiger partial charge in [0, 0.05) is 32.7 Å². The van der Waals surface area contributed by atoms with E-state index < -0.39 is 5.97 Å². The quantitative estimate of drug-likeness (QED) is 0.586.